The molecule has 266 valence electrons. The number of amides is 3. The molecule has 4 aliphatic heterocycles. The van der Waals surface area contributed by atoms with Crippen molar-refractivity contribution in [2.45, 2.75) is 81.6 Å². The number of carboxylic acid groups (broad SMARTS) is 1. The second-order valence-corrected chi connectivity index (χ2v) is 15.0. The zero-order valence-corrected chi connectivity index (χ0v) is 28.9. The molecule has 50 heavy (non-hydrogen) atoms. The number of nitrogen functional groups attached to an aromatic ring is 1. The number of anilines is 1. The van der Waals surface area contributed by atoms with E-state index < -0.39 is 40.5 Å². The lowest BCUT2D eigenvalue weighted by molar-refractivity contribution is -0.150. The first-order valence-corrected chi connectivity index (χ1v) is 17.6. The fraction of sp³-hybridized carbons (Fsp3) is 0.484. The average Bonchev–Trinajstić information content (AvgIpc) is 3.59. The maximum atomic E-state index is 13.4. The molecule has 3 amide bonds. The van der Waals surface area contributed by atoms with Crippen LogP contribution in [-0.4, -0.2) is 118 Å². The van der Waals surface area contributed by atoms with E-state index in [2.05, 4.69) is 30.0 Å². The van der Waals surface area contributed by atoms with Crippen molar-refractivity contribution >= 4 is 64.1 Å². The van der Waals surface area contributed by atoms with Crippen LogP contribution in [0.15, 0.2) is 28.6 Å². The topological polar surface area (TPSA) is 250 Å². The minimum absolute atomic E-state index is 0.0559. The van der Waals surface area contributed by atoms with Gasteiger partial charge in [0.2, 0.25) is 11.5 Å². The van der Waals surface area contributed by atoms with Crippen LogP contribution >= 0.6 is 23.3 Å². The highest BCUT2D eigenvalue weighted by Gasteiger charge is 2.55. The van der Waals surface area contributed by atoms with Gasteiger partial charge in [-0.05, 0) is 64.2 Å². The second-order valence-electron chi connectivity index (χ2n) is 13.1. The number of hydrogen-bond donors (Lipinski definition) is 6. The minimum Gasteiger partial charge on any atom is -0.504 e. The number of benzene rings is 1. The van der Waals surface area contributed by atoms with Crippen LogP contribution < -0.4 is 16.4 Å². The van der Waals surface area contributed by atoms with Crippen LogP contribution in [0.5, 0.6) is 11.5 Å². The number of aromatic nitrogens is 2. The molecule has 17 nitrogen and oxygen atoms in total. The summed E-state index contributed by atoms with van der Waals surface area (Å²) in [5.41, 5.74) is 4.95. The molecular formula is C31H36N8O9S2. The van der Waals surface area contributed by atoms with Gasteiger partial charge in [0.15, 0.2) is 28.5 Å². The van der Waals surface area contributed by atoms with Crippen LogP contribution in [-0.2, 0) is 24.0 Å². The molecule has 19 heteroatoms. The number of aromatic hydroxyl groups is 2. The van der Waals surface area contributed by atoms with Gasteiger partial charge in [0.1, 0.15) is 17.1 Å². The Labute approximate surface area is 294 Å². The smallest absolute Gasteiger partial charge is 0.352 e. The average molecular weight is 729 g/mol. The Kier molecular flexibility index (Phi) is 9.49. The molecular weight excluding hydrogens is 693 g/mol. The lowest BCUT2D eigenvalue weighted by Gasteiger charge is -2.50. The maximum Gasteiger partial charge on any atom is 0.352 e. The largest absolute Gasteiger partial charge is 0.504 e. The molecule has 0 aliphatic carbocycles. The third kappa shape index (κ3) is 6.59. The lowest BCUT2D eigenvalue weighted by atomic mass is 9.95. The number of phenolic OH excluding ortho intramolecular Hbond substituents is 2. The standard InChI is InChI=1S/C31H36N8O9S2/c1-13-18(6-7-19(41)23(13)42)25(43)33-15-8-16-4-5-17(9-15)38(16)10-14-11-49-28-21(27(45)39(28)22(14)29(46)47)34-26(44)20(24-35-30(32)50-37-24)36-48-31(2,3)12-40/h6-7,12,15-17,21,28,41-42H,4-5,8-11H2,1-3H3,(H,33,43)(H,34,44)(H,46,47)(H2,32,35,37)/b36-20-/t15?,16-,17+,21-,28-/m1/s1. The van der Waals surface area contributed by atoms with Crippen molar-refractivity contribution in [2.24, 2.45) is 5.16 Å². The van der Waals surface area contributed by atoms with E-state index in [-0.39, 0.29) is 63.3 Å². The number of carbonyl (C=O) groups excluding carboxylic acids is 4. The lowest BCUT2D eigenvalue weighted by Crippen LogP contribution is -2.71. The first-order valence-electron chi connectivity index (χ1n) is 15.8. The van der Waals surface area contributed by atoms with E-state index in [0.29, 0.717) is 37.0 Å². The van der Waals surface area contributed by atoms with Crippen LogP contribution in [0, 0.1) is 6.92 Å². The van der Waals surface area contributed by atoms with Crippen molar-refractivity contribution in [1.82, 2.24) is 29.8 Å². The summed E-state index contributed by atoms with van der Waals surface area (Å²) in [6, 6.07) is 1.70. The fourth-order valence-electron chi connectivity index (χ4n) is 6.78. The first kappa shape index (κ1) is 35.1. The SMILES string of the molecule is Cc1c(C(=O)NC2C[C@H]3CC[C@@H](C2)N3CC2=C(C(=O)O)N3C(=O)[C@@H](NC(=O)/C(=N\OC(C)(C)C=O)c4nsc(N)n4)[C@H]3SC2)ccc(O)c1O. The molecule has 0 saturated carbocycles. The number of hydrogen-bond acceptors (Lipinski definition) is 15. The van der Waals surface area contributed by atoms with Gasteiger partial charge in [-0.15, -0.1) is 11.8 Å². The highest BCUT2D eigenvalue weighted by atomic mass is 32.2. The van der Waals surface area contributed by atoms with Gasteiger partial charge in [-0.3, -0.25) is 29.0 Å². The molecule has 5 atom stereocenters. The number of fused-ring (bicyclic) bond motifs is 3. The van der Waals surface area contributed by atoms with Gasteiger partial charge in [0, 0.05) is 53.1 Å². The summed E-state index contributed by atoms with van der Waals surface area (Å²) in [4.78, 5) is 76.3. The number of β-lactam (4-membered cyclic amide) rings is 1. The summed E-state index contributed by atoms with van der Waals surface area (Å²) >= 11 is 2.14. The van der Waals surface area contributed by atoms with Crippen LogP contribution in [0.4, 0.5) is 5.13 Å². The van der Waals surface area contributed by atoms with E-state index in [0.717, 1.165) is 24.4 Å². The van der Waals surface area contributed by atoms with Gasteiger partial charge in [-0.25, -0.2) is 4.79 Å². The molecule has 1 unspecified atom stereocenters. The Morgan fingerprint density at radius 3 is 2.50 bits per heavy atom. The molecule has 2 aromatic rings. The number of aliphatic carboxylic acids is 1. The van der Waals surface area contributed by atoms with Gasteiger partial charge >= 0.3 is 5.97 Å². The number of nitrogens with zero attached hydrogens (tertiary/aromatic N) is 5. The molecule has 4 aliphatic rings. The number of aldehydes is 1. The number of rotatable bonds is 11. The summed E-state index contributed by atoms with van der Waals surface area (Å²) in [6.07, 6.45) is 3.53. The van der Waals surface area contributed by atoms with Crippen molar-refractivity contribution < 1.29 is 44.1 Å². The first-order chi connectivity index (χ1) is 23.7. The number of nitrogens with one attached hydrogen (secondary N) is 2. The molecule has 6 rings (SSSR count). The molecule has 2 bridgehead atoms. The Balaban J connectivity index is 1.13. The summed E-state index contributed by atoms with van der Waals surface area (Å²) in [7, 11) is 0. The van der Waals surface area contributed by atoms with Crippen LogP contribution in [0.2, 0.25) is 0 Å². The fourth-order valence-corrected chi connectivity index (χ4v) is 8.55. The quantitative estimate of drug-likeness (QED) is 0.0613. The molecule has 0 spiro atoms. The van der Waals surface area contributed by atoms with Crippen molar-refractivity contribution in [2.75, 3.05) is 18.0 Å². The number of nitrogens with two attached hydrogens (primary N) is 1. The molecule has 3 saturated heterocycles. The monoisotopic (exact) mass is 728 g/mol. The Morgan fingerprint density at radius 2 is 1.88 bits per heavy atom. The molecule has 5 heterocycles. The number of piperidine rings is 1. The Bertz CT molecular complexity index is 1810. The predicted octanol–water partition coefficient (Wildman–Crippen LogP) is 0.702. The predicted molar refractivity (Wildman–Crippen MR) is 180 cm³/mol. The molecule has 3 fully saturated rings. The zero-order valence-electron chi connectivity index (χ0n) is 27.3. The number of thioether (sulfide) groups is 1. The van der Waals surface area contributed by atoms with E-state index in [9.17, 15) is 39.3 Å². The Morgan fingerprint density at radius 1 is 1.18 bits per heavy atom. The van der Waals surface area contributed by atoms with E-state index in [4.69, 9.17) is 10.6 Å². The highest BCUT2D eigenvalue weighted by molar-refractivity contribution is 8.00. The summed E-state index contributed by atoms with van der Waals surface area (Å²) in [5, 5.41) is 38.9. The maximum absolute atomic E-state index is 13.4. The summed E-state index contributed by atoms with van der Waals surface area (Å²) in [6.45, 7) is 4.76. The molecule has 7 N–H and O–H groups in total. The van der Waals surface area contributed by atoms with Gasteiger partial charge in [-0.1, -0.05) is 5.16 Å². The van der Waals surface area contributed by atoms with Gasteiger partial charge in [0.05, 0.1) is 0 Å². The summed E-state index contributed by atoms with van der Waals surface area (Å²) in [5.74, 6) is -3.55. The highest BCUT2D eigenvalue weighted by Crippen LogP contribution is 2.43. The van der Waals surface area contributed by atoms with Crippen LogP contribution in [0.25, 0.3) is 0 Å². The van der Waals surface area contributed by atoms with Gasteiger partial charge < -0.3 is 36.5 Å². The van der Waals surface area contributed by atoms with E-state index in [1.807, 2.05) is 0 Å². The van der Waals surface area contributed by atoms with Crippen molar-refractivity contribution in [3.8, 4) is 11.5 Å². The van der Waals surface area contributed by atoms with Crippen molar-refractivity contribution in [3.63, 3.8) is 0 Å². The number of carbonyl (C=O) groups is 5. The van der Waals surface area contributed by atoms with E-state index >= 15 is 0 Å². The van der Waals surface area contributed by atoms with Crippen LogP contribution in [0.1, 0.15) is 61.3 Å². The van der Waals surface area contributed by atoms with Crippen molar-refractivity contribution in [3.05, 3.63) is 40.4 Å². The molecule has 0 radical (unpaired) electrons. The Hall–Kier alpha value is -4.75. The number of oxime groups is 1. The summed E-state index contributed by atoms with van der Waals surface area (Å²) < 4.78 is 3.99. The molecule has 1 aromatic heterocycles. The zero-order chi connectivity index (χ0) is 36.1. The molecule has 1 aromatic carbocycles. The van der Waals surface area contributed by atoms with Crippen LogP contribution in [0.3, 0.4) is 0 Å². The number of carboxylic acids is 1. The van der Waals surface area contributed by atoms with E-state index in [1.165, 1.54) is 42.6 Å². The van der Waals surface area contributed by atoms with Gasteiger partial charge in [-0.2, -0.15) is 9.36 Å². The third-order valence-electron chi connectivity index (χ3n) is 9.31. The van der Waals surface area contributed by atoms with Crippen molar-refractivity contribution in [1.29, 1.82) is 0 Å². The van der Waals surface area contributed by atoms with E-state index in [1.54, 1.807) is 6.92 Å². The number of phenols is 2. The second kappa shape index (κ2) is 13.5. The normalized spacial score (nSPS) is 25.1. The minimum atomic E-state index is -1.37. The third-order valence-corrected chi connectivity index (χ3v) is 11.2. The van der Waals surface area contributed by atoms with Gasteiger partial charge in [0.25, 0.3) is 17.7 Å².